The lowest BCUT2D eigenvalue weighted by Gasteiger charge is -2.13. The first kappa shape index (κ1) is 6.87. The van der Waals surface area contributed by atoms with Gasteiger partial charge in [0.05, 0.1) is 0 Å². The number of aliphatic carboxylic acids is 1. The molecule has 0 aromatic carbocycles. The van der Waals surface area contributed by atoms with E-state index in [1.54, 1.807) is 6.92 Å². The highest BCUT2D eigenvalue weighted by Crippen LogP contribution is 2.43. The van der Waals surface area contributed by atoms with Gasteiger partial charge in [-0.25, -0.2) is 0 Å². The second kappa shape index (κ2) is 1.87. The minimum Gasteiger partial charge on any atom is -0.480 e. The predicted octanol–water partition coefficient (Wildman–Crippen LogP) is 1.48. The molecular weight excluding hydrogens is 140 g/mol. The molecule has 0 bridgehead atoms. The molecule has 0 heterocycles. The highest BCUT2D eigenvalue weighted by atomic mass is 35.5. The third-order valence-electron chi connectivity index (χ3n) is 1.76. The lowest BCUT2D eigenvalue weighted by molar-refractivity contribution is -0.140. The Kier molecular flexibility index (Phi) is 1.43. The van der Waals surface area contributed by atoms with Gasteiger partial charge in [0.1, 0.15) is 4.87 Å². The summed E-state index contributed by atoms with van der Waals surface area (Å²) in [5.74, 6) is -0.691. The van der Waals surface area contributed by atoms with E-state index in [1.807, 2.05) is 0 Å². The molecule has 0 radical (unpaired) electrons. The van der Waals surface area contributed by atoms with Gasteiger partial charge in [0.15, 0.2) is 0 Å². The van der Waals surface area contributed by atoms with E-state index in [2.05, 4.69) is 0 Å². The molecule has 52 valence electrons. The van der Waals surface area contributed by atoms with Crippen LogP contribution >= 0.6 is 11.6 Å². The maximum atomic E-state index is 10.4. The Morgan fingerprint density at radius 3 is 2.33 bits per heavy atom. The molecule has 1 aliphatic rings. The molecule has 0 saturated heterocycles. The Morgan fingerprint density at radius 2 is 2.22 bits per heavy atom. The summed E-state index contributed by atoms with van der Waals surface area (Å²) < 4.78 is 0. The topological polar surface area (TPSA) is 37.3 Å². The number of rotatable bonds is 2. The largest absolute Gasteiger partial charge is 0.480 e. The molecule has 0 aliphatic heterocycles. The van der Waals surface area contributed by atoms with Crippen molar-refractivity contribution in [1.82, 2.24) is 0 Å². The molecule has 2 nitrogen and oxygen atoms in total. The quantitative estimate of drug-likeness (QED) is 0.603. The normalized spacial score (nSPS) is 25.1. The molecule has 1 N–H and O–H groups in total. The van der Waals surface area contributed by atoms with Crippen LogP contribution in [0.1, 0.15) is 19.8 Å². The van der Waals surface area contributed by atoms with E-state index < -0.39 is 10.8 Å². The fourth-order valence-corrected chi connectivity index (χ4v) is 1.02. The second-order valence-electron chi connectivity index (χ2n) is 2.66. The van der Waals surface area contributed by atoms with E-state index >= 15 is 0 Å². The van der Waals surface area contributed by atoms with Crippen LogP contribution in [0.4, 0.5) is 0 Å². The molecule has 0 aromatic rings. The molecule has 9 heavy (non-hydrogen) atoms. The Balaban J connectivity index is 2.59. The third kappa shape index (κ3) is 1.18. The molecule has 1 unspecified atom stereocenters. The van der Waals surface area contributed by atoms with Crippen LogP contribution in [-0.2, 0) is 4.79 Å². The van der Waals surface area contributed by atoms with E-state index in [-0.39, 0.29) is 5.92 Å². The standard InChI is InChI=1S/C6H9ClO2/c1-6(7,5(8)9)4-2-3-4/h4H,2-3H2,1H3,(H,8,9). The molecule has 1 atom stereocenters. The van der Waals surface area contributed by atoms with Crippen LogP contribution in [0.3, 0.4) is 0 Å². The fraction of sp³-hybridized carbons (Fsp3) is 0.833. The van der Waals surface area contributed by atoms with Gasteiger partial charge in [0.2, 0.25) is 0 Å². The van der Waals surface area contributed by atoms with E-state index in [9.17, 15) is 4.79 Å². The van der Waals surface area contributed by atoms with Gasteiger partial charge >= 0.3 is 5.97 Å². The molecule has 1 aliphatic carbocycles. The van der Waals surface area contributed by atoms with Gasteiger partial charge in [0, 0.05) is 0 Å². The Morgan fingerprint density at radius 1 is 1.78 bits per heavy atom. The zero-order chi connectivity index (χ0) is 7.07. The average Bonchev–Trinajstić information content (AvgIpc) is 2.42. The number of hydrogen-bond donors (Lipinski definition) is 1. The number of carbonyl (C=O) groups is 1. The monoisotopic (exact) mass is 148 g/mol. The Hall–Kier alpha value is -0.240. The predicted molar refractivity (Wildman–Crippen MR) is 34.6 cm³/mol. The van der Waals surface area contributed by atoms with Gasteiger partial charge in [-0.2, -0.15) is 0 Å². The van der Waals surface area contributed by atoms with Gasteiger partial charge in [-0.1, -0.05) is 0 Å². The minimum absolute atomic E-state index is 0.205. The zero-order valence-corrected chi connectivity index (χ0v) is 5.98. The summed E-state index contributed by atoms with van der Waals surface area (Å²) in [6.45, 7) is 1.56. The van der Waals surface area contributed by atoms with Crippen molar-refractivity contribution < 1.29 is 9.90 Å². The van der Waals surface area contributed by atoms with Crippen LogP contribution in [0.2, 0.25) is 0 Å². The second-order valence-corrected chi connectivity index (χ2v) is 3.44. The molecule has 0 amide bonds. The van der Waals surface area contributed by atoms with Gasteiger partial charge in [-0.3, -0.25) is 4.79 Å². The van der Waals surface area contributed by atoms with Crippen LogP contribution in [0.15, 0.2) is 0 Å². The molecule has 3 heteroatoms. The lowest BCUT2D eigenvalue weighted by atomic mass is 10.1. The molecular formula is C6H9ClO2. The average molecular weight is 149 g/mol. The molecule has 0 aromatic heterocycles. The van der Waals surface area contributed by atoms with Crippen molar-refractivity contribution in [2.24, 2.45) is 5.92 Å². The van der Waals surface area contributed by atoms with Crippen molar-refractivity contribution in [1.29, 1.82) is 0 Å². The summed E-state index contributed by atoms with van der Waals surface area (Å²) in [4.78, 5) is 9.37. The molecule has 0 spiro atoms. The lowest BCUT2D eigenvalue weighted by Crippen LogP contribution is -2.30. The summed E-state index contributed by atoms with van der Waals surface area (Å²) in [7, 11) is 0. The van der Waals surface area contributed by atoms with E-state index in [1.165, 1.54) is 0 Å². The molecule has 1 fully saturated rings. The summed E-state index contributed by atoms with van der Waals surface area (Å²) >= 11 is 5.67. The van der Waals surface area contributed by atoms with Gasteiger partial charge in [-0.15, -0.1) is 11.6 Å². The van der Waals surface area contributed by atoms with Crippen molar-refractivity contribution in [3.05, 3.63) is 0 Å². The van der Waals surface area contributed by atoms with Crippen molar-refractivity contribution in [3.63, 3.8) is 0 Å². The third-order valence-corrected chi connectivity index (χ3v) is 2.23. The van der Waals surface area contributed by atoms with E-state index in [4.69, 9.17) is 16.7 Å². The number of alkyl halides is 1. The van der Waals surface area contributed by atoms with Crippen LogP contribution < -0.4 is 0 Å². The first-order valence-corrected chi connectivity index (χ1v) is 3.35. The maximum absolute atomic E-state index is 10.4. The Labute approximate surface area is 58.8 Å². The van der Waals surface area contributed by atoms with Crippen molar-refractivity contribution in [2.75, 3.05) is 0 Å². The van der Waals surface area contributed by atoms with E-state index in [0.717, 1.165) is 12.8 Å². The summed E-state index contributed by atoms with van der Waals surface area (Å²) in [6, 6.07) is 0. The van der Waals surface area contributed by atoms with Crippen molar-refractivity contribution in [2.45, 2.75) is 24.6 Å². The van der Waals surface area contributed by atoms with Crippen LogP contribution in [0, 0.1) is 5.92 Å². The van der Waals surface area contributed by atoms with Crippen molar-refractivity contribution >= 4 is 17.6 Å². The summed E-state index contributed by atoms with van der Waals surface area (Å²) in [5.41, 5.74) is 0. The molecule has 1 rings (SSSR count). The highest BCUT2D eigenvalue weighted by Gasteiger charge is 2.45. The maximum Gasteiger partial charge on any atom is 0.324 e. The van der Waals surface area contributed by atoms with Crippen molar-refractivity contribution in [3.8, 4) is 0 Å². The van der Waals surface area contributed by atoms with Gasteiger partial charge in [0.25, 0.3) is 0 Å². The SMILES string of the molecule is CC(Cl)(C(=O)O)C1CC1. The summed E-state index contributed by atoms with van der Waals surface area (Å²) in [6.07, 6.45) is 1.93. The Bertz CT molecular complexity index is 138. The smallest absolute Gasteiger partial charge is 0.324 e. The first-order valence-electron chi connectivity index (χ1n) is 2.97. The number of carboxylic acid groups (broad SMARTS) is 1. The van der Waals surface area contributed by atoms with E-state index in [0.29, 0.717) is 0 Å². The van der Waals surface area contributed by atoms with Gasteiger partial charge in [-0.05, 0) is 25.7 Å². The fourth-order valence-electron chi connectivity index (χ4n) is 0.800. The highest BCUT2D eigenvalue weighted by molar-refractivity contribution is 6.33. The zero-order valence-electron chi connectivity index (χ0n) is 5.22. The molecule has 1 saturated carbocycles. The number of carboxylic acids is 1. The van der Waals surface area contributed by atoms with Crippen LogP contribution in [-0.4, -0.2) is 16.0 Å². The summed E-state index contributed by atoms with van der Waals surface area (Å²) in [5, 5.41) is 8.52. The van der Waals surface area contributed by atoms with Gasteiger partial charge < -0.3 is 5.11 Å². The van der Waals surface area contributed by atoms with Crippen LogP contribution in [0.5, 0.6) is 0 Å². The minimum atomic E-state index is -1.00. The first-order chi connectivity index (χ1) is 4.05. The van der Waals surface area contributed by atoms with Crippen LogP contribution in [0.25, 0.3) is 0 Å². The number of halogens is 1. The number of hydrogen-bond acceptors (Lipinski definition) is 1.